The molecule has 152 valence electrons. The van der Waals surface area contributed by atoms with Gasteiger partial charge < -0.3 is 15.8 Å². The molecule has 4 rings (SSSR count). The highest BCUT2D eigenvalue weighted by Gasteiger charge is 2.17. The molecule has 0 radical (unpaired) electrons. The third kappa shape index (κ3) is 4.75. The maximum Gasteiger partial charge on any atom is 0.291 e. The lowest BCUT2D eigenvalue weighted by Crippen LogP contribution is -2.25. The van der Waals surface area contributed by atoms with E-state index in [0.29, 0.717) is 11.5 Å². The Morgan fingerprint density at radius 3 is 2.66 bits per heavy atom. The third-order valence-electron chi connectivity index (χ3n) is 4.76. The average Bonchev–Trinajstić information content (AvgIpc) is 3.45. The van der Waals surface area contributed by atoms with Crippen molar-refractivity contribution in [2.75, 3.05) is 37.3 Å². The molecular formula is C20H24N6O2S. The van der Waals surface area contributed by atoms with Gasteiger partial charge >= 0.3 is 0 Å². The van der Waals surface area contributed by atoms with Crippen LogP contribution in [0.4, 0.5) is 17.6 Å². The smallest absolute Gasteiger partial charge is 0.291 e. The van der Waals surface area contributed by atoms with Crippen LogP contribution in [-0.4, -0.2) is 51.8 Å². The molecule has 1 aliphatic rings. The van der Waals surface area contributed by atoms with E-state index in [-0.39, 0.29) is 17.8 Å². The van der Waals surface area contributed by atoms with Crippen molar-refractivity contribution < 1.29 is 9.53 Å². The van der Waals surface area contributed by atoms with Gasteiger partial charge in [0.25, 0.3) is 5.91 Å². The molecule has 1 saturated heterocycles. The van der Waals surface area contributed by atoms with Gasteiger partial charge in [-0.25, -0.2) is 0 Å². The minimum Gasteiger partial charge on any atom is -0.492 e. The largest absolute Gasteiger partial charge is 0.492 e. The fourth-order valence-corrected chi connectivity index (χ4v) is 4.04. The number of nitrogens with zero attached hydrogens (tertiary/aromatic N) is 4. The van der Waals surface area contributed by atoms with Gasteiger partial charge in [0.1, 0.15) is 12.4 Å². The van der Waals surface area contributed by atoms with E-state index in [1.165, 1.54) is 37.3 Å². The number of hydrogen-bond donors (Lipinski definition) is 2. The van der Waals surface area contributed by atoms with E-state index >= 15 is 0 Å². The molecule has 8 nitrogen and oxygen atoms in total. The summed E-state index contributed by atoms with van der Waals surface area (Å²) in [6.45, 7) is 5.92. The van der Waals surface area contributed by atoms with Gasteiger partial charge in [-0.3, -0.25) is 9.69 Å². The highest BCUT2D eigenvalue weighted by atomic mass is 32.1. The van der Waals surface area contributed by atoms with Crippen LogP contribution in [0.3, 0.4) is 0 Å². The summed E-state index contributed by atoms with van der Waals surface area (Å²) in [5.74, 6) is 0.844. The molecule has 3 heterocycles. The molecule has 0 bridgehead atoms. The van der Waals surface area contributed by atoms with Crippen molar-refractivity contribution in [1.82, 2.24) is 19.7 Å². The van der Waals surface area contributed by atoms with Crippen LogP contribution in [0, 0.1) is 6.92 Å². The van der Waals surface area contributed by atoms with Crippen molar-refractivity contribution in [2.24, 2.45) is 0 Å². The normalized spacial score (nSPS) is 14.2. The molecule has 1 fully saturated rings. The SMILES string of the molecule is Cc1ccc(C(=O)n2nc(Nc3ccc(OCCN4CCCC4)cc3)nc2N)s1. The van der Waals surface area contributed by atoms with Crippen LogP contribution in [0.15, 0.2) is 36.4 Å². The first-order valence-corrected chi connectivity index (χ1v) is 10.5. The average molecular weight is 413 g/mol. The highest BCUT2D eigenvalue weighted by molar-refractivity contribution is 7.13. The Labute approximate surface area is 173 Å². The molecular weight excluding hydrogens is 388 g/mol. The quantitative estimate of drug-likeness (QED) is 0.615. The van der Waals surface area contributed by atoms with Crippen molar-refractivity contribution in [3.8, 4) is 5.75 Å². The van der Waals surface area contributed by atoms with Gasteiger partial charge in [0.05, 0.1) is 4.88 Å². The minimum atomic E-state index is -0.289. The predicted molar refractivity (Wildman–Crippen MR) is 114 cm³/mol. The van der Waals surface area contributed by atoms with Gasteiger partial charge in [-0.05, 0) is 69.3 Å². The summed E-state index contributed by atoms with van der Waals surface area (Å²) in [5.41, 5.74) is 6.67. The number of hydrogen-bond acceptors (Lipinski definition) is 8. The van der Waals surface area contributed by atoms with Crippen molar-refractivity contribution >= 4 is 34.8 Å². The first-order valence-electron chi connectivity index (χ1n) is 9.64. The first-order chi connectivity index (χ1) is 14.1. The number of nitrogens with one attached hydrogen (secondary N) is 1. The lowest BCUT2D eigenvalue weighted by Gasteiger charge is -2.15. The number of nitrogen functional groups attached to an aromatic ring is 1. The van der Waals surface area contributed by atoms with Crippen molar-refractivity contribution in [3.63, 3.8) is 0 Å². The van der Waals surface area contributed by atoms with Crippen molar-refractivity contribution in [1.29, 1.82) is 0 Å². The Morgan fingerprint density at radius 1 is 1.21 bits per heavy atom. The van der Waals surface area contributed by atoms with Crippen LogP contribution in [0.2, 0.25) is 0 Å². The Kier molecular flexibility index (Phi) is 5.77. The Balaban J connectivity index is 1.35. The molecule has 3 aromatic rings. The van der Waals surface area contributed by atoms with E-state index in [4.69, 9.17) is 10.5 Å². The molecule has 2 aromatic heterocycles. The zero-order valence-corrected chi connectivity index (χ0v) is 17.1. The molecule has 0 atom stereocenters. The van der Waals surface area contributed by atoms with Gasteiger partial charge in [0.2, 0.25) is 11.9 Å². The standard InChI is InChI=1S/C20H24N6O2S/c1-14-4-9-17(29-14)18(27)26-19(21)23-20(24-26)22-15-5-7-16(8-6-15)28-13-12-25-10-2-3-11-25/h4-9H,2-3,10-13H2,1H3,(H3,21,22,23,24). The summed E-state index contributed by atoms with van der Waals surface area (Å²) in [6.07, 6.45) is 2.57. The molecule has 0 amide bonds. The van der Waals surface area contributed by atoms with Crippen LogP contribution in [-0.2, 0) is 0 Å². The molecule has 1 aromatic carbocycles. The van der Waals surface area contributed by atoms with Crippen LogP contribution in [0.5, 0.6) is 5.75 Å². The minimum absolute atomic E-state index is 0.0467. The molecule has 9 heteroatoms. The number of aromatic nitrogens is 3. The summed E-state index contributed by atoms with van der Waals surface area (Å²) >= 11 is 1.40. The fourth-order valence-electron chi connectivity index (χ4n) is 3.24. The zero-order valence-electron chi connectivity index (χ0n) is 16.3. The van der Waals surface area contributed by atoms with Crippen molar-refractivity contribution in [2.45, 2.75) is 19.8 Å². The third-order valence-corrected chi connectivity index (χ3v) is 5.75. The fraction of sp³-hybridized carbons (Fsp3) is 0.350. The first kappa shape index (κ1) is 19.4. The van der Waals surface area contributed by atoms with E-state index < -0.39 is 0 Å². The molecule has 3 N–H and O–H groups in total. The monoisotopic (exact) mass is 412 g/mol. The van der Waals surface area contributed by atoms with E-state index in [2.05, 4.69) is 20.3 Å². The van der Waals surface area contributed by atoms with Gasteiger partial charge in [0.15, 0.2) is 0 Å². The number of rotatable bonds is 7. The zero-order chi connectivity index (χ0) is 20.2. The molecule has 0 saturated carbocycles. The number of carbonyl (C=O) groups is 1. The second-order valence-corrected chi connectivity index (χ2v) is 8.26. The van der Waals surface area contributed by atoms with Crippen LogP contribution in [0.25, 0.3) is 0 Å². The number of carbonyl (C=O) groups excluding carboxylic acids is 1. The van der Waals surface area contributed by atoms with Gasteiger partial charge in [-0.15, -0.1) is 16.4 Å². The summed E-state index contributed by atoms with van der Waals surface area (Å²) in [6, 6.07) is 11.2. The van der Waals surface area contributed by atoms with E-state index in [1.54, 1.807) is 6.07 Å². The number of thiophene rings is 1. The second kappa shape index (κ2) is 8.62. The summed E-state index contributed by atoms with van der Waals surface area (Å²) in [5, 5.41) is 7.27. The van der Waals surface area contributed by atoms with Crippen LogP contribution >= 0.6 is 11.3 Å². The number of benzene rings is 1. The lowest BCUT2D eigenvalue weighted by atomic mass is 10.3. The number of nitrogens with two attached hydrogens (primary N) is 1. The van der Waals surface area contributed by atoms with E-state index in [9.17, 15) is 4.79 Å². The molecule has 29 heavy (non-hydrogen) atoms. The molecule has 1 aliphatic heterocycles. The molecule has 0 aliphatic carbocycles. The van der Waals surface area contributed by atoms with Crippen LogP contribution in [0.1, 0.15) is 27.4 Å². The number of likely N-dealkylation sites (tertiary alicyclic amines) is 1. The maximum absolute atomic E-state index is 12.5. The highest BCUT2D eigenvalue weighted by Crippen LogP contribution is 2.21. The Hall–Kier alpha value is -2.91. The number of aryl methyl sites for hydroxylation is 1. The topological polar surface area (TPSA) is 98.3 Å². The van der Waals surface area contributed by atoms with E-state index in [0.717, 1.165) is 27.5 Å². The lowest BCUT2D eigenvalue weighted by molar-refractivity contribution is 0.0952. The summed E-state index contributed by atoms with van der Waals surface area (Å²) in [7, 11) is 0. The maximum atomic E-state index is 12.5. The second-order valence-electron chi connectivity index (χ2n) is 6.97. The van der Waals surface area contributed by atoms with Crippen molar-refractivity contribution in [3.05, 3.63) is 46.2 Å². The van der Waals surface area contributed by atoms with Gasteiger partial charge in [-0.1, -0.05) is 0 Å². The predicted octanol–water partition coefficient (Wildman–Crippen LogP) is 3.14. The summed E-state index contributed by atoms with van der Waals surface area (Å²) < 4.78 is 6.93. The summed E-state index contributed by atoms with van der Waals surface area (Å²) in [4.78, 5) is 20.7. The van der Waals surface area contributed by atoms with Crippen LogP contribution < -0.4 is 15.8 Å². The van der Waals surface area contributed by atoms with E-state index in [1.807, 2.05) is 37.3 Å². The number of anilines is 3. The molecule has 0 unspecified atom stereocenters. The Bertz CT molecular complexity index is 975. The number of ether oxygens (including phenoxy) is 1. The van der Waals surface area contributed by atoms with Gasteiger partial charge in [0, 0.05) is 17.1 Å². The van der Waals surface area contributed by atoms with Gasteiger partial charge in [-0.2, -0.15) is 9.67 Å². The molecule has 0 spiro atoms. The Morgan fingerprint density at radius 2 is 1.97 bits per heavy atom.